The van der Waals surface area contributed by atoms with Gasteiger partial charge in [-0.2, -0.15) is 4.98 Å². The molecule has 126 valence electrons. The van der Waals surface area contributed by atoms with Crippen LogP contribution in [0.1, 0.15) is 34.9 Å². The van der Waals surface area contributed by atoms with Gasteiger partial charge in [-0.1, -0.05) is 17.3 Å². The Morgan fingerprint density at radius 3 is 2.83 bits per heavy atom. The number of halogens is 1. The van der Waals surface area contributed by atoms with Crippen LogP contribution in [0.2, 0.25) is 0 Å². The topological polar surface area (TPSA) is 94.0 Å². The van der Waals surface area contributed by atoms with E-state index in [1.54, 1.807) is 6.92 Å². The minimum absolute atomic E-state index is 0. The summed E-state index contributed by atoms with van der Waals surface area (Å²) < 4.78 is 5.08. The summed E-state index contributed by atoms with van der Waals surface area (Å²) in [6.45, 7) is 3.06. The smallest absolute Gasteiger partial charge is 0.252 e. The summed E-state index contributed by atoms with van der Waals surface area (Å²) in [5.74, 6) is 1.64. The lowest BCUT2D eigenvalue weighted by Gasteiger charge is -2.09. The van der Waals surface area contributed by atoms with E-state index in [1.165, 1.54) is 11.8 Å². The number of nitrogens with one attached hydrogen (secondary N) is 1. The van der Waals surface area contributed by atoms with Crippen LogP contribution >= 0.6 is 24.2 Å². The van der Waals surface area contributed by atoms with E-state index in [-0.39, 0.29) is 18.3 Å². The fourth-order valence-corrected chi connectivity index (χ4v) is 2.77. The summed E-state index contributed by atoms with van der Waals surface area (Å²) >= 11 is 1.51. The number of unbranched alkanes of at least 4 members (excludes halogenated alkanes) is 1. The van der Waals surface area contributed by atoms with E-state index in [9.17, 15) is 4.79 Å². The van der Waals surface area contributed by atoms with Gasteiger partial charge < -0.3 is 15.6 Å². The highest BCUT2D eigenvalue weighted by Crippen LogP contribution is 2.25. The van der Waals surface area contributed by atoms with Crippen molar-refractivity contribution in [3.05, 3.63) is 41.5 Å². The fraction of sp³-hybridized carbons (Fsp3) is 0.400. The molecule has 0 saturated heterocycles. The molecule has 0 spiro atoms. The fourth-order valence-electron chi connectivity index (χ4n) is 1.88. The number of carbonyl (C=O) groups is 1. The molecule has 0 aliphatic rings. The SMILES string of the molecule is Cc1noc(CSc2ccccc2C(=O)NCCCCN)n1.Cl. The van der Waals surface area contributed by atoms with Crippen LogP contribution in [0.4, 0.5) is 0 Å². The zero-order chi connectivity index (χ0) is 15.8. The van der Waals surface area contributed by atoms with Crippen LogP contribution in [-0.4, -0.2) is 29.1 Å². The molecule has 2 rings (SSSR count). The Hall–Kier alpha value is -1.57. The zero-order valence-corrected chi connectivity index (χ0v) is 14.6. The Balaban J connectivity index is 0.00000264. The normalized spacial score (nSPS) is 10.2. The number of aromatic nitrogens is 2. The first-order chi connectivity index (χ1) is 10.7. The highest BCUT2D eigenvalue weighted by atomic mass is 35.5. The van der Waals surface area contributed by atoms with Gasteiger partial charge >= 0.3 is 0 Å². The number of amides is 1. The average Bonchev–Trinajstić information content (AvgIpc) is 2.95. The monoisotopic (exact) mass is 356 g/mol. The van der Waals surface area contributed by atoms with Gasteiger partial charge in [0.15, 0.2) is 5.82 Å². The van der Waals surface area contributed by atoms with Crippen LogP contribution < -0.4 is 11.1 Å². The van der Waals surface area contributed by atoms with Gasteiger partial charge in [0.05, 0.1) is 11.3 Å². The van der Waals surface area contributed by atoms with Crippen molar-refractivity contribution in [2.45, 2.75) is 30.4 Å². The van der Waals surface area contributed by atoms with E-state index in [0.29, 0.717) is 36.1 Å². The van der Waals surface area contributed by atoms with Gasteiger partial charge in [-0.15, -0.1) is 24.2 Å². The molecule has 23 heavy (non-hydrogen) atoms. The molecule has 2 aromatic rings. The van der Waals surface area contributed by atoms with Crippen molar-refractivity contribution in [3.8, 4) is 0 Å². The van der Waals surface area contributed by atoms with Crippen LogP contribution in [0.5, 0.6) is 0 Å². The highest BCUT2D eigenvalue weighted by Gasteiger charge is 2.12. The quantitative estimate of drug-likeness (QED) is 0.557. The molecule has 0 atom stereocenters. The van der Waals surface area contributed by atoms with Crippen molar-refractivity contribution in [1.29, 1.82) is 0 Å². The Morgan fingerprint density at radius 2 is 2.13 bits per heavy atom. The summed E-state index contributed by atoms with van der Waals surface area (Å²) in [6.07, 6.45) is 1.80. The molecule has 0 aliphatic carbocycles. The summed E-state index contributed by atoms with van der Waals surface area (Å²) in [5.41, 5.74) is 6.10. The standard InChI is InChI=1S/C15H20N4O2S.ClH/c1-11-18-14(21-19-11)10-22-13-7-3-2-6-12(13)15(20)17-9-5-4-8-16;/h2-3,6-7H,4-5,8-10,16H2,1H3,(H,17,20);1H. The van der Waals surface area contributed by atoms with Gasteiger partial charge in [0.1, 0.15) is 0 Å². The second kappa shape index (κ2) is 10.3. The largest absolute Gasteiger partial charge is 0.352 e. The van der Waals surface area contributed by atoms with Crippen LogP contribution in [-0.2, 0) is 5.75 Å². The predicted octanol–water partition coefficient (Wildman–Crippen LogP) is 2.56. The van der Waals surface area contributed by atoms with Crippen LogP contribution in [0.15, 0.2) is 33.7 Å². The minimum atomic E-state index is -0.0677. The molecule has 0 fully saturated rings. The lowest BCUT2D eigenvalue weighted by molar-refractivity contribution is 0.0950. The number of thioether (sulfide) groups is 1. The summed E-state index contributed by atoms with van der Waals surface area (Å²) in [6, 6.07) is 7.50. The molecule has 8 heteroatoms. The zero-order valence-electron chi connectivity index (χ0n) is 12.9. The molecule has 1 aromatic carbocycles. The molecule has 0 unspecified atom stereocenters. The van der Waals surface area contributed by atoms with Crippen molar-refractivity contribution in [1.82, 2.24) is 15.5 Å². The van der Waals surface area contributed by atoms with Gasteiger partial charge in [0, 0.05) is 11.4 Å². The average molecular weight is 357 g/mol. The molecule has 3 N–H and O–H groups in total. The lowest BCUT2D eigenvalue weighted by atomic mass is 10.2. The maximum absolute atomic E-state index is 12.2. The Morgan fingerprint density at radius 1 is 1.35 bits per heavy atom. The number of rotatable bonds is 8. The van der Waals surface area contributed by atoms with Crippen LogP contribution in [0.3, 0.4) is 0 Å². The van der Waals surface area contributed by atoms with Crippen molar-refractivity contribution in [2.75, 3.05) is 13.1 Å². The summed E-state index contributed by atoms with van der Waals surface area (Å²) in [5, 5.41) is 6.67. The Labute approximate surface area is 146 Å². The van der Waals surface area contributed by atoms with E-state index >= 15 is 0 Å². The van der Waals surface area contributed by atoms with Crippen LogP contribution in [0, 0.1) is 6.92 Å². The maximum Gasteiger partial charge on any atom is 0.252 e. The number of carbonyl (C=O) groups excluding carboxylic acids is 1. The van der Waals surface area contributed by atoms with Crippen molar-refractivity contribution < 1.29 is 9.32 Å². The van der Waals surface area contributed by atoms with E-state index in [0.717, 1.165) is 17.7 Å². The molecule has 1 aromatic heterocycles. The Kier molecular flexibility index (Phi) is 8.68. The summed E-state index contributed by atoms with van der Waals surface area (Å²) in [4.78, 5) is 17.3. The molecule has 1 heterocycles. The molecule has 0 saturated carbocycles. The first-order valence-corrected chi connectivity index (χ1v) is 8.18. The van der Waals surface area contributed by atoms with E-state index in [1.807, 2.05) is 24.3 Å². The number of nitrogens with zero attached hydrogens (tertiary/aromatic N) is 2. The van der Waals surface area contributed by atoms with Gasteiger partial charge in [-0.3, -0.25) is 4.79 Å². The molecule has 0 bridgehead atoms. The number of aryl methyl sites for hydroxylation is 1. The minimum Gasteiger partial charge on any atom is -0.352 e. The van der Waals surface area contributed by atoms with Gasteiger partial charge in [0.25, 0.3) is 5.91 Å². The molecule has 0 aliphatic heterocycles. The number of hydrogen-bond donors (Lipinski definition) is 2. The number of benzene rings is 1. The highest BCUT2D eigenvalue weighted by molar-refractivity contribution is 7.98. The Bertz CT molecular complexity index is 621. The van der Waals surface area contributed by atoms with E-state index in [2.05, 4.69) is 15.5 Å². The molecular weight excluding hydrogens is 336 g/mol. The van der Waals surface area contributed by atoms with Gasteiger partial charge in [-0.25, -0.2) is 0 Å². The third-order valence-electron chi connectivity index (χ3n) is 2.97. The third-order valence-corrected chi connectivity index (χ3v) is 4.03. The van der Waals surface area contributed by atoms with Crippen LogP contribution in [0.25, 0.3) is 0 Å². The van der Waals surface area contributed by atoms with Crippen molar-refractivity contribution in [2.24, 2.45) is 5.73 Å². The first-order valence-electron chi connectivity index (χ1n) is 7.20. The predicted molar refractivity (Wildman–Crippen MR) is 92.9 cm³/mol. The summed E-state index contributed by atoms with van der Waals surface area (Å²) in [7, 11) is 0. The second-order valence-electron chi connectivity index (χ2n) is 4.77. The van der Waals surface area contributed by atoms with E-state index in [4.69, 9.17) is 10.3 Å². The van der Waals surface area contributed by atoms with Crippen molar-refractivity contribution >= 4 is 30.1 Å². The molecule has 0 radical (unpaired) electrons. The second-order valence-corrected chi connectivity index (χ2v) is 5.79. The van der Waals surface area contributed by atoms with Crippen molar-refractivity contribution in [3.63, 3.8) is 0 Å². The molecule has 6 nitrogen and oxygen atoms in total. The maximum atomic E-state index is 12.2. The van der Waals surface area contributed by atoms with Gasteiger partial charge in [0.2, 0.25) is 5.89 Å². The number of hydrogen-bond acceptors (Lipinski definition) is 6. The third kappa shape index (κ3) is 6.21. The first kappa shape index (κ1) is 19.5. The number of nitrogens with two attached hydrogens (primary N) is 1. The van der Waals surface area contributed by atoms with Gasteiger partial charge in [-0.05, 0) is 38.4 Å². The molecular formula is C15H21ClN4O2S. The lowest BCUT2D eigenvalue weighted by Crippen LogP contribution is -2.25. The molecule has 1 amide bonds. The van der Waals surface area contributed by atoms with E-state index < -0.39 is 0 Å².